The van der Waals surface area contributed by atoms with E-state index in [9.17, 15) is 4.79 Å². The Bertz CT molecular complexity index is 1030. The largest absolute Gasteiger partial charge is 0.497 e. The number of ether oxygens (including phenoxy) is 1. The lowest BCUT2D eigenvalue weighted by Gasteiger charge is -2.09. The molecular weight excluding hydrogens is 350 g/mol. The maximum absolute atomic E-state index is 12.4. The number of aromatic nitrogens is 3. The monoisotopic (exact) mass is 365 g/mol. The fourth-order valence-corrected chi connectivity index (χ4v) is 2.63. The fourth-order valence-electron chi connectivity index (χ4n) is 2.44. The second-order valence-corrected chi connectivity index (χ2v) is 5.79. The highest BCUT2D eigenvalue weighted by molar-refractivity contribution is 7.71. The van der Waals surface area contributed by atoms with E-state index in [1.165, 1.54) is 0 Å². The van der Waals surface area contributed by atoms with Crippen LogP contribution in [-0.2, 0) is 11.3 Å². The Hall–Kier alpha value is -3.44. The standard InChI is InChI=1S/C18H15N5O2S/c1-25-15-7-5-13(6-8-15)17-21-22-18(26)23(17)11-16(24)20-14-4-2-3-12(9-14)10-19/h2-9H,11H2,1H3,(H,20,24)(H,22,26). The van der Waals surface area contributed by atoms with Crippen LogP contribution in [0.4, 0.5) is 5.69 Å². The number of carbonyl (C=O) groups excluding carboxylic acids is 1. The Morgan fingerprint density at radius 2 is 2.12 bits per heavy atom. The highest BCUT2D eigenvalue weighted by Crippen LogP contribution is 2.21. The zero-order valence-corrected chi connectivity index (χ0v) is 14.7. The highest BCUT2D eigenvalue weighted by atomic mass is 32.1. The quantitative estimate of drug-likeness (QED) is 0.677. The number of benzene rings is 2. The number of hydrogen-bond donors (Lipinski definition) is 2. The van der Waals surface area contributed by atoms with Gasteiger partial charge in [0, 0.05) is 11.3 Å². The van der Waals surface area contributed by atoms with E-state index in [-0.39, 0.29) is 12.5 Å². The zero-order valence-electron chi connectivity index (χ0n) is 13.9. The first kappa shape index (κ1) is 17.4. The maximum atomic E-state index is 12.4. The molecule has 3 rings (SSSR count). The van der Waals surface area contributed by atoms with Crippen LogP contribution >= 0.6 is 12.2 Å². The van der Waals surface area contributed by atoms with Gasteiger partial charge in [0.05, 0.1) is 18.7 Å². The molecule has 1 amide bonds. The van der Waals surface area contributed by atoms with Crippen molar-refractivity contribution in [3.63, 3.8) is 0 Å². The van der Waals surface area contributed by atoms with Crippen molar-refractivity contribution in [1.82, 2.24) is 14.8 Å². The summed E-state index contributed by atoms with van der Waals surface area (Å²) < 4.78 is 7.10. The Morgan fingerprint density at radius 3 is 2.81 bits per heavy atom. The Morgan fingerprint density at radius 1 is 1.35 bits per heavy atom. The molecule has 0 radical (unpaired) electrons. The molecule has 130 valence electrons. The van der Waals surface area contributed by atoms with Gasteiger partial charge in [-0.05, 0) is 54.7 Å². The molecular formula is C18H15N5O2S. The molecule has 1 aromatic heterocycles. The summed E-state index contributed by atoms with van der Waals surface area (Å²) in [5.74, 6) is 1.01. The van der Waals surface area contributed by atoms with E-state index in [4.69, 9.17) is 22.2 Å². The third-order valence-electron chi connectivity index (χ3n) is 3.68. The van der Waals surface area contributed by atoms with E-state index in [0.29, 0.717) is 21.8 Å². The minimum absolute atomic E-state index is 0.00647. The third kappa shape index (κ3) is 3.79. The molecule has 26 heavy (non-hydrogen) atoms. The van der Waals surface area contributed by atoms with Crippen LogP contribution in [0.5, 0.6) is 5.75 Å². The van der Waals surface area contributed by atoms with Gasteiger partial charge in [-0.15, -0.1) is 0 Å². The molecule has 0 bridgehead atoms. The summed E-state index contributed by atoms with van der Waals surface area (Å²) in [5.41, 5.74) is 1.83. The van der Waals surface area contributed by atoms with Crippen LogP contribution in [0, 0.1) is 16.1 Å². The summed E-state index contributed by atoms with van der Waals surface area (Å²) in [6, 6.07) is 16.0. The van der Waals surface area contributed by atoms with Crippen molar-refractivity contribution in [3.8, 4) is 23.2 Å². The summed E-state index contributed by atoms with van der Waals surface area (Å²) in [6.45, 7) is -0.00647. The molecule has 0 saturated carbocycles. The molecule has 0 saturated heterocycles. The molecule has 0 atom stereocenters. The first-order valence-electron chi connectivity index (χ1n) is 7.70. The van der Waals surface area contributed by atoms with Crippen LogP contribution in [0.3, 0.4) is 0 Å². The average Bonchev–Trinajstić information content (AvgIpc) is 3.02. The fraction of sp³-hybridized carbons (Fsp3) is 0.111. The molecule has 0 spiro atoms. The number of nitrogens with zero attached hydrogens (tertiary/aromatic N) is 3. The number of nitrogens with one attached hydrogen (secondary N) is 2. The Labute approximate surface area is 154 Å². The number of carbonyl (C=O) groups is 1. The molecule has 2 aromatic carbocycles. The SMILES string of the molecule is COc1ccc(-c2n[nH]c(=S)n2CC(=O)Nc2cccc(C#N)c2)cc1. The molecule has 0 aliphatic heterocycles. The third-order valence-corrected chi connectivity index (χ3v) is 4.00. The van der Waals surface area contributed by atoms with Crippen molar-refractivity contribution >= 4 is 23.8 Å². The molecule has 0 aliphatic carbocycles. The zero-order chi connectivity index (χ0) is 18.5. The number of methoxy groups -OCH3 is 1. The topological polar surface area (TPSA) is 95.7 Å². The number of hydrogen-bond acceptors (Lipinski definition) is 5. The van der Waals surface area contributed by atoms with Gasteiger partial charge >= 0.3 is 0 Å². The van der Waals surface area contributed by atoms with Crippen molar-refractivity contribution < 1.29 is 9.53 Å². The van der Waals surface area contributed by atoms with Gasteiger partial charge in [0.25, 0.3) is 0 Å². The minimum atomic E-state index is -0.271. The highest BCUT2D eigenvalue weighted by Gasteiger charge is 2.13. The van der Waals surface area contributed by atoms with Gasteiger partial charge < -0.3 is 10.1 Å². The minimum Gasteiger partial charge on any atom is -0.497 e. The number of aromatic amines is 1. The van der Waals surface area contributed by atoms with E-state index in [1.807, 2.05) is 30.3 Å². The predicted molar refractivity (Wildman–Crippen MR) is 99.2 cm³/mol. The normalized spacial score (nSPS) is 10.2. The number of nitriles is 1. The average molecular weight is 365 g/mol. The smallest absolute Gasteiger partial charge is 0.244 e. The summed E-state index contributed by atoms with van der Waals surface area (Å²) >= 11 is 5.24. The van der Waals surface area contributed by atoms with Crippen molar-refractivity contribution in [3.05, 3.63) is 58.9 Å². The molecule has 0 fully saturated rings. The summed E-state index contributed by atoms with van der Waals surface area (Å²) in [7, 11) is 1.59. The predicted octanol–water partition coefficient (Wildman–Crippen LogP) is 3.13. The van der Waals surface area contributed by atoms with E-state index >= 15 is 0 Å². The van der Waals surface area contributed by atoms with Gasteiger partial charge in [0.2, 0.25) is 5.91 Å². The second kappa shape index (κ2) is 7.63. The van der Waals surface area contributed by atoms with Crippen molar-refractivity contribution in [1.29, 1.82) is 5.26 Å². The molecule has 1 heterocycles. The van der Waals surface area contributed by atoms with Gasteiger partial charge in [-0.25, -0.2) is 0 Å². The lowest BCUT2D eigenvalue weighted by molar-refractivity contribution is -0.116. The van der Waals surface area contributed by atoms with Crippen LogP contribution in [0.25, 0.3) is 11.4 Å². The van der Waals surface area contributed by atoms with Gasteiger partial charge in [-0.1, -0.05) is 6.07 Å². The van der Waals surface area contributed by atoms with E-state index in [2.05, 4.69) is 15.5 Å². The lowest BCUT2D eigenvalue weighted by atomic mass is 10.2. The van der Waals surface area contributed by atoms with Crippen LogP contribution in [-0.4, -0.2) is 27.8 Å². The van der Waals surface area contributed by atoms with E-state index in [1.54, 1.807) is 35.9 Å². The summed E-state index contributed by atoms with van der Waals surface area (Å²) in [5, 5.41) is 18.6. The second-order valence-electron chi connectivity index (χ2n) is 5.41. The first-order valence-corrected chi connectivity index (χ1v) is 8.11. The van der Waals surface area contributed by atoms with Crippen molar-refractivity contribution in [2.24, 2.45) is 0 Å². The van der Waals surface area contributed by atoms with Gasteiger partial charge in [0.15, 0.2) is 10.6 Å². The molecule has 3 aromatic rings. The van der Waals surface area contributed by atoms with Crippen molar-refractivity contribution in [2.75, 3.05) is 12.4 Å². The first-order chi connectivity index (χ1) is 12.6. The number of anilines is 1. The summed E-state index contributed by atoms with van der Waals surface area (Å²) in [6.07, 6.45) is 0. The molecule has 0 aliphatic rings. The van der Waals surface area contributed by atoms with E-state index in [0.717, 1.165) is 11.3 Å². The molecule has 7 nitrogen and oxygen atoms in total. The lowest BCUT2D eigenvalue weighted by Crippen LogP contribution is -2.19. The number of amides is 1. The maximum Gasteiger partial charge on any atom is 0.244 e. The van der Waals surface area contributed by atoms with Gasteiger partial charge in [-0.3, -0.25) is 14.5 Å². The van der Waals surface area contributed by atoms with Gasteiger partial charge in [0.1, 0.15) is 12.3 Å². The summed E-state index contributed by atoms with van der Waals surface area (Å²) in [4.78, 5) is 12.4. The molecule has 2 N–H and O–H groups in total. The molecule has 0 unspecified atom stereocenters. The Balaban J connectivity index is 1.81. The van der Waals surface area contributed by atoms with Crippen LogP contribution in [0.1, 0.15) is 5.56 Å². The van der Waals surface area contributed by atoms with E-state index < -0.39 is 0 Å². The molecule has 8 heteroatoms. The van der Waals surface area contributed by atoms with Crippen molar-refractivity contribution in [2.45, 2.75) is 6.54 Å². The van der Waals surface area contributed by atoms with Gasteiger partial charge in [-0.2, -0.15) is 10.4 Å². The van der Waals surface area contributed by atoms with Crippen LogP contribution in [0.2, 0.25) is 0 Å². The number of H-pyrrole nitrogens is 1. The van der Waals surface area contributed by atoms with Crippen LogP contribution in [0.15, 0.2) is 48.5 Å². The number of rotatable bonds is 5. The Kier molecular flexibility index (Phi) is 5.10. The van der Waals surface area contributed by atoms with Crippen LogP contribution < -0.4 is 10.1 Å².